The van der Waals surface area contributed by atoms with Crippen molar-refractivity contribution in [3.63, 3.8) is 0 Å². The van der Waals surface area contributed by atoms with Gasteiger partial charge in [-0.3, -0.25) is 4.90 Å². The number of hydrogen-bond donors (Lipinski definition) is 1. The van der Waals surface area contributed by atoms with Crippen molar-refractivity contribution >= 4 is 14.4 Å². The molecule has 0 aromatic rings. The topological polar surface area (TPSA) is 49.8 Å². The quantitative estimate of drug-likeness (QED) is 0.635. The Bertz CT molecular complexity index is 351. The van der Waals surface area contributed by atoms with Gasteiger partial charge in [0, 0.05) is 6.54 Å². The summed E-state index contributed by atoms with van der Waals surface area (Å²) in [7, 11) is -1.85. The third kappa shape index (κ3) is 3.60. The fourth-order valence-electron chi connectivity index (χ4n) is 2.15. The minimum atomic E-state index is -1.85. The zero-order valence-corrected chi connectivity index (χ0v) is 14.0. The Morgan fingerprint density at radius 2 is 1.95 bits per heavy atom. The van der Waals surface area contributed by atoms with Crippen LogP contribution in [0.4, 0.5) is 4.79 Å². The first kappa shape index (κ1) is 16.2. The fraction of sp³-hybridized carbons (Fsp3) is 0.786. The van der Waals surface area contributed by atoms with Gasteiger partial charge in [-0.15, -0.1) is 0 Å². The first-order valence-corrected chi connectivity index (χ1v) is 9.69. The van der Waals surface area contributed by atoms with E-state index in [0.717, 1.165) is 12.0 Å². The summed E-state index contributed by atoms with van der Waals surface area (Å²) in [6.07, 6.45) is -0.151. The molecule has 1 fully saturated rings. The van der Waals surface area contributed by atoms with E-state index in [9.17, 15) is 9.90 Å². The molecule has 19 heavy (non-hydrogen) atoms. The Hall–Kier alpha value is -0.813. The maximum absolute atomic E-state index is 11.3. The molecule has 5 heteroatoms. The summed E-state index contributed by atoms with van der Waals surface area (Å²) in [5.41, 5.74) is 0.892. The fourth-order valence-corrected chi connectivity index (χ4v) is 3.51. The lowest BCUT2D eigenvalue weighted by atomic mass is 10.1. The highest BCUT2D eigenvalue weighted by molar-refractivity contribution is 6.74. The van der Waals surface area contributed by atoms with Crippen LogP contribution in [-0.4, -0.2) is 43.1 Å². The van der Waals surface area contributed by atoms with E-state index in [1.807, 2.05) is 6.92 Å². The molecule has 1 aliphatic rings. The molecule has 0 spiro atoms. The van der Waals surface area contributed by atoms with E-state index in [1.54, 1.807) is 0 Å². The second kappa shape index (κ2) is 5.29. The molecule has 1 heterocycles. The Morgan fingerprint density at radius 3 is 2.26 bits per heavy atom. The maximum atomic E-state index is 11.3. The number of amides is 1. The van der Waals surface area contributed by atoms with Crippen molar-refractivity contribution in [1.82, 2.24) is 4.90 Å². The van der Waals surface area contributed by atoms with Gasteiger partial charge in [0.15, 0.2) is 8.32 Å². The Labute approximate surface area is 117 Å². The molecular formula is C14H27NO3Si. The van der Waals surface area contributed by atoms with Gasteiger partial charge in [0.2, 0.25) is 0 Å². The lowest BCUT2D eigenvalue weighted by Crippen LogP contribution is -2.44. The van der Waals surface area contributed by atoms with Crippen LogP contribution >= 0.6 is 0 Å². The average molecular weight is 285 g/mol. The zero-order valence-electron chi connectivity index (χ0n) is 13.0. The highest BCUT2D eigenvalue weighted by atomic mass is 28.4. The van der Waals surface area contributed by atoms with Crippen LogP contribution < -0.4 is 0 Å². The number of likely N-dealkylation sites (tertiary alicyclic amines) is 1. The van der Waals surface area contributed by atoms with Gasteiger partial charge >= 0.3 is 6.09 Å². The molecule has 1 amide bonds. The molecule has 0 aromatic carbocycles. The van der Waals surface area contributed by atoms with E-state index in [4.69, 9.17) is 4.43 Å². The molecule has 1 rings (SSSR count). The van der Waals surface area contributed by atoms with Crippen LogP contribution in [0, 0.1) is 0 Å². The van der Waals surface area contributed by atoms with E-state index in [-0.39, 0.29) is 17.2 Å². The second-order valence-corrected chi connectivity index (χ2v) is 11.8. The Balaban J connectivity index is 2.79. The average Bonchev–Trinajstić information content (AvgIpc) is 2.59. The molecule has 1 aliphatic heterocycles. The van der Waals surface area contributed by atoms with Gasteiger partial charge in [-0.05, 0) is 31.5 Å². The molecule has 0 unspecified atom stereocenters. The summed E-state index contributed by atoms with van der Waals surface area (Å²) in [6, 6.07) is -0.104. The van der Waals surface area contributed by atoms with Gasteiger partial charge in [0.05, 0.1) is 12.1 Å². The third-order valence-electron chi connectivity index (χ3n) is 4.34. The molecule has 0 saturated carbocycles. The van der Waals surface area contributed by atoms with Gasteiger partial charge in [0.25, 0.3) is 0 Å². The lowest BCUT2D eigenvalue weighted by Gasteiger charge is -2.38. The minimum absolute atomic E-state index is 0.00121. The summed E-state index contributed by atoms with van der Waals surface area (Å²) in [5.74, 6) is 0. The minimum Gasteiger partial charge on any atom is -0.465 e. The van der Waals surface area contributed by atoms with Crippen LogP contribution in [0.15, 0.2) is 12.2 Å². The third-order valence-corrected chi connectivity index (χ3v) is 8.88. The summed E-state index contributed by atoms with van der Waals surface area (Å²) < 4.78 is 6.32. The summed E-state index contributed by atoms with van der Waals surface area (Å²) in [6.45, 7) is 17.2. The first-order chi connectivity index (χ1) is 8.45. The molecule has 4 nitrogen and oxygen atoms in total. The number of rotatable bonds is 3. The van der Waals surface area contributed by atoms with Crippen molar-refractivity contribution in [3.8, 4) is 0 Å². The lowest BCUT2D eigenvalue weighted by molar-refractivity contribution is 0.136. The van der Waals surface area contributed by atoms with Crippen molar-refractivity contribution in [2.24, 2.45) is 0 Å². The smallest absolute Gasteiger partial charge is 0.407 e. The van der Waals surface area contributed by atoms with Crippen molar-refractivity contribution < 1.29 is 14.3 Å². The molecular weight excluding hydrogens is 258 g/mol. The molecule has 0 radical (unpaired) electrons. The van der Waals surface area contributed by atoms with Crippen molar-refractivity contribution in [2.45, 2.75) is 64.4 Å². The summed E-state index contributed by atoms with van der Waals surface area (Å²) in [4.78, 5) is 12.7. The van der Waals surface area contributed by atoms with Crippen LogP contribution in [-0.2, 0) is 4.43 Å². The predicted octanol–water partition coefficient (Wildman–Crippen LogP) is 3.71. The predicted molar refractivity (Wildman–Crippen MR) is 80.0 cm³/mol. The molecule has 2 atom stereocenters. The van der Waals surface area contributed by atoms with Crippen LogP contribution in [0.1, 0.15) is 34.1 Å². The van der Waals surface area contributed by atoms with Crippen LogP contribution in [0.25, 0.3) is 0 Å². The molecule has 0 aromatic heterocycles. The van der Waals surface area contributed by atoms with Gasteiger partial charge in [0.1, 0.15) is 0 Å². The molecule has 1 saturated heterocycles. The molecule has 110 valence electrons. The van der Waals surface area contributed by atoms with Crippen LogP contribution in [0.3, 0.4) is 0 Å². The molecule has 0 aliphatic carbocycles. The van der Waals surface area contributed by atoms with Gasteiger partial charge in [-0.2, -0.15) is 0 Å². The van der Waals surface area contributed by atoms with Gasteiger partial charge in [-0.1, -0.05) is 32.9 Å². The van der Waals surface area contributed by atoms with E-state index in [1.165, 1.54) is 4.90 Å². The van der Waals surface area contributed by atoms with Crippen molar-refractivity contribution in [1.29, 1.82) is 0 Å². The Morgan fingerprint density at radius 1 is 1.42 bits per heavy atom. The van der Waals surface area contributed by atoms with Gasteiger partial charge in [-0.25, -0.2) is 4.79 Å². The van der Waals surface area contributed by atoms with Crippen LogP contribution in [0.2, 0.25) is 18.1 Å². The van der Waals surface area contributed by atoms with Crippen LogP contribution in [0.5, 0.6) is 0 Å². The van der Waals surface area contributed by atoms with E-state index >= 15 is 0 Å². The number of hydrogen-bond acceptors (Lipinski definition) is 2. The first-order valence-electron chi connectivity index (χ1n) is 6.78. The number of carboxylic acid groups (broad SMARTS) is 1. The maximum Gasteiger partial charge on any atom is 0.407 e. The molecule has 1 N–H and O–H groups in total. The monoisotopic (exact) mass is 285 g/mol. The highest BCUT2D eigenvalue weighted by Crippen LogP contribution is 2.39. The van der Waals surface area contributed by atoms with E-state index in [0.29, 0.717) is 6.54 Å². The summed E-state index contributed by atoms with van der Waals surface area (Å²) >= 11 is 0. The highest BCUT2D eigenvalue weighted by Gasteiger charge is 2.43. The number of nitrogens with zero attached hydrogens (tertiary/aromatic N) is 1. The van der Waals surface area contributed by atoms with E-state index in [2.05, 4.69) is 40.4 Å². The number of carbonyl (C=O) groups is 1. The normalized spacial score (nSPS) is 24.6. The zero-order chi connectivity index (χ0) is 15.0. The summed E-state index contributed by atoms with van der Waals surface area (Å²) in [5, 5.41) is 9.39. The second-order valence-electron chi connectivity index (χ2n) is 7.03. The van der Waals surface area contributed by atoms with E-state index < -0.39 is 14.4 Å². The van der Waals surface area contributed by atoms with Gasteiger partial charge < -0.3 is 9.53 Å². The molecule has 0 bridgehead atoms. The Kier molecular flexibility index (Phi) is 4.52. The largest absolute Gasteiger partial charge is 0.465 e. The van der Waals surface area contributed by atoms with Crippen molar-refractivity contribution in [2.75, 3.05) is 6.54 Å². The standard InChI is InChI=1S/C14H27NO3Si/c1-10(2)12-8-11(9-15(12)13(16)17)18-19(6,7)14(3,4)5/h11-12H,1,8-9H2,2-7H3,(H,16,17)/t11-,12+/m1/s1. The SMILES string of the molecule is C=C(C)[C@@H]1C[C@@H](O[Si](C)(C)C(C)(C)C)CN1C(=O)O. The van der Waals surface area contributed by atoms with Crippen molar-refractivity contribution in [3.05, 3.63) is 12.2 Å².